The van der Waals surface area contributed by atoms with E-state index in [1.807, 2.05) is 40.1 Å². The normalized spacial score (nSPS) is 24.6. The average molecular weight is 410 g/mol. The first-order valence-electron chi connectivity index (χ1n) is 9.95. The van der Waals surface area contributed by atoms with Crippen molar-refractivity contribution in [3.05, 3.63) is 30.3 Å². The average Bonchev–Trinajstić information content (AvgIpc) is 3.11. The molecule has 2 heterocycles. The van der Waals surface area contributed by atoms with E-state index in [4.69, 9.17) is 10.5 Å². The predicted octanol–water partition coefficient (Wildman–Crippen LogP) is 2.31. The van der Waals surface area contributed by atoms with Crippen LogP contribution in [0.3, 0.4) is 0 Å². The number of ether oxygens (including phenoxy) is 1. The Labute approximate surface area is 173 Å². The monoisotopic (exact) mass is 409 g/mol. The number of carbonyl (C=O) groups is 2. The first kappa shape index (κ1) is 22.5. The molecule has 28 heavy (non-hydrogen) atoms. The second kappa shape index (κ2) is 10.1. The molecular formula is C21H32ClN3O3. The third-order valence-corrected chi connectivity index (χ3v) is 5.81. The number of hydrogen-bond donors (Lipinski definition) is 1. The number of likely N-dealkylation sites (tertiary alicyclic amines) is 2. The minimum absolute atomic E-state index is 0. The van der Waals surface area contributed by atoms with Gasteiger partial charge in [0.1, 0.15) is 5.75 Å². The minimum Gasteiger partial charge on any atom is -0.493 e. The summed E-state index contributed by atoms with van der Waals surface area (Å²) in [6.07, 6.45) is 3.04. The van der Waals surface area contributed by atoms with E-state index in [0.717, 1.165) is 44.6 Å². The van der Waals surface area contributed by atoms with Crippen molar-refractivity contribution in [3.8, 4) is 5.75 Å². The van der Waals surface area contributed by atoms with Gasteiger partial charge >= 0.3 is 0 Å². The van der Waals surface area contributed by atoms with Crippen LogP contribution in [0.25, 0.3) is 0 Å². The Kier molecular flexibility index (Phi) is 8.13. The molecule has 2 unspecified atom stereocenters. The third kappa shape index (κ3) is 5.61. The van der Waals surface area contributed by atoms with Crippen LogP contribution in [-0.2, 0) is 9.59 Å². The van der Waals surface area contributed by atoms with Crippen LogP contribution in [-0.4, -0.2) is 60.9 Å². The number of benzene rings is 1. The Balaban J connectivity index is 0.00000280. The molecule has 1 aromatic carbocycles. The van der Waals surface area contributed by atoms with Crippen molar-refractivity contribution in [2.24, 2.45) is 17.1 Å². The number of carbonyl (C=O) groups excluding carboxylic acids is 2. The standard InChI is InChI=1S/C21H31N3O3.ClH/c1-21(15-22)10-12-24(16-21)20(26)17-6-5-11-23(14-17)19(25)9-13-27-18-7-3-2-4-8-18;/h2-4,7-8,17H,5-6,9-16,22H2,1H3;1H. The highest BCUT2D eigenvalue weighted by Crippen LogP contribution is 2.31. The van der Waals surface area contributed by atoms with Crippen molar-refractivity contribution in [2.45, 2.75) is 32.6 Å². The van der Waals surface area contributed by atoms with Crippen LogP contribution in [0.1, 0.15) is 32.6 Å². The number of rotatable bonds is 6. The van der Waals surface area contributed by atoms with E-state index >= 15 is 0 Å². The first-order chi connectivity index (χ1) is 13.0. The van der Waals surface area contributed by atoms with Crippen molar-refractivity contribution in [3.63, 3.8) is 0 Å². The highest BCUT2D eigenvalue weighted by Gasteiger charge is 2.38. The molecule has 7 heteroatoms. The summed E-state index contributed by atoms with van der Waals surface area (Å²) in [6.45, 7) is 5.88. The lowest BCUT2D eigenvalue weighted by atomic mass is 9.90. The number of amides is 2. The van der Waals surface area contributed by atoms with Gasteiger partial charge in [-0.15, -0.1) is 12.4 Å². The lowest BCUT2D eigenvalue weighted by Gasteiger charge is -2.34. The van der Waals surface area contributed by atoms with Crippen LogP contribution in [0.2, 0.25) is 0 Å². The van der Waals surface area contributed by atoms with Crippen LogP contribution < -0.4 is 10.5 Å². The van der Waals surface area contributed by atoms with E-state index in [9.17, 15) is 9.59 Å². The molecule has 2 N–H and O–H groups in total. The van der Waals surface area contributed by atoms with Gasteiger partial charge in [-0.25, -0.2) is 0 Å². The Hall–Kier alpha value is -1.79. The zero-order valence-corrected chi connectivity index (χ0v) is 17.5. The number of hydrogen-bond acceptors (Lipinski definition) is 4. The second-order valence-corrected chi connectivity index (χ2v) is 8.11. The SMILES string of the molecule is CC1(CN)CCN(C(=O)C2CCCN(C(=O)CCOc3ccccc3)C2)C1.Cl. The second-order valence-electron chi connectivity index (χ2n) is 8.11. The molecule has 0 aromatic heterocycles. The van der Waals surface area contributed by atoms with Gasteiger partial charge in [0.05, 0.1) is 18.9 Å². The van der Waals surface area contributed by atoms with Gasteiger partial charge in [0.15, 0.2) is 0 Å². The molecule has 6 nitrogen and oxygen atoms in total. The van der Waals surface area contributed by atoms with E-state index < -0.39 is 0 Å². The Morgan fingerprint density at radius 2 is 1.96 bits per heavy atom. The van der Waals surface area contributed by atoms with Gasteiger partial charge in [0.2, 0.25) is 11.8 Å². The molecule has 0 aliphatic carbocycles. The molecule has 1 aromatic rings. The van der Waals surface area contributed by atoms with Crippen LogP contribution in [0, 0.1) is 11.3 Å². The number of nitrogens with zero attached hydrogens (tertiary/aromatic N) is 2. The van der Waals surface area contributed by atoms with E-state index in [-0.39, 0.29) is 35.6 Å². The maximum absolute atomic E-state index is 12.9. The molecule has 0 spiro atoms. The minimum atomic E-state index is -0.0853. The lowest BCUT2D eigenvalue weighted by molar-refractivity contribution is -0.140. The maximum atomic E-state index is 12.9. The van der Waals surface area contributed by atoms with E-state index in [0.29, 0.717) is 26.1 Å². The maximum Gasteiger partial charge on any atom is 0.227 e. The van der Waals surface area contributed by atoms with E-state index in [1.54, 1.807) is 0 Å². The van der Waals surface area contributed by atoms with Crippen LogP contribution in [0.4, 0.5) is 0 Å². The molecular weight excluding hydrogens is 378 g/mol. The van der Waals surface area contributed by atoms with Gasteiger partial charge in [-0.1, -0.05) is 25.1 Å². The van der Waals surface area contributed by atoms with Crippen molar-refractivity contribution in [2.75, 3.05) is 39.3 Å². The Morgan fingerprint density at radius 1 is 1.21 bits per heavy atom. The number of nitrogens with two attached hydrogens (primary N) is 1. The highest BCUT2D eigenvalue weighted by molar-refractivity contribution is 5.85. The van der Waals surface area contributed by atoms with Crippen molar-refractivity contribution in [1.29, 1.82) is 0 Å². The van der Waals surface area contributed by atoms with Gasteiger partial charge < -0.3 is 20.3 Å². The molecule has 2 aliphatic rings. The number of halogens is 1. The van der Waals surface area contributed by atoms with Gasteiger partial charge in [0.25, 0.3) is 0 Å². The van der Waals surface area contributed by atoms with E-state index in [1.165, 1.54) is 0 Å². The molecule has 2 fully saturated rings. The fourth-order valence-electron chi connectivity index (χ4n) is 3.97. The molecule has 0 bridgehead atoms. The quantitative estimate of drug-likeness (QED) is 0.782. The Bertz CT molecular complexity index is 658. The fraction of sp³-hybridized carbons (Fsp3) is 0.619. The smallest absolute Gasteiger partial charge is 0.227 e. The summed E-state index contributed by atoms with van der Waals surface area (Å²) in [5, 5.41) is 0. The van der Waals surface area contributed by atoms with Crippen molar-refractivity contribution >= 4 is 24.2 Å². The molecule has 2 amide bonds. The van der Waals surface area contributed by atoms with Crippen LogP contribution in [0.5, 0.6) is 5.75 Å². The summed E-state index contributed by atoms with van der Waals surface area (Å²) >= 11 is 0. The molecule has 2 aliphatic heterocycles. The lowest BCUT2D eigenvalue weighted by Crippen LogP contribution is -2.47. The summed E-state index contributed by atoms with van der Waals surface area (Å²) in [6, 6.07) is 9.51. The molecule has 3 rings (SSSR count). The van der Waals surface area contributed by atoms with Crippen LogP contribution in [0.15, 0.2) is 30.3 Å². The van der Waals surface area contributed by atoms with Crippen LogP contribution >= 0.6 is 12.4 Å². The first-order valence-corrected chi connectivity index (χ1v) is 9.95. The van der Waals surface area contributed by atoms with Gasteiger partial charge in [-0.05, 0) is 43.4 Å². The third-order valence-electron chi connectivity index (χ3n) is 5.81. The van der Waals surface area contributed by atoms with Gasteiger partial charge in [-0.3, -0.25) is 9.59 Å². The topological polar surface area (TPSA) is 75.9 Å². The number of piperidine rings is 1. The number of para-hydroxylation sites is 1. The van der Waals surface area contributed by atoms with Crippen molar-refractivity contribution in [1.82, 2.24) is 9.80 Å². The largest absolute Gasteiger partial charge is 0.493 e. The summed E-state index contributed by atoms with van der Waals surface area (Å²) < 4.78 is 5.62. The summed E-state index contributed by atoms with van der Waals surface area (Å²) in [5.74, 6) is 0.939. The zero-order valence-electron chi connectivity index (χ0n) is 16.6. The van der Waals surface area contributed by atoms with Crippen molar-refractivity contribution < 1.29 is 14.3 Å². The highest BCUT2D eigenvalue weighted by atomic mass is 35.5. The van der Waals surface area contributed by atoms with Gasteiger partial charge in [0, 0.05) is 26.2 Å². The molecule has 2 atom stereocenters. The summed E-state index contributed by atoms with van der Waals surface area (Å²) in [5.41, 5.74) is 5.89. The Morgan fingerprint density at radius 3 is 2.64 bits per heavy atom. The van der Waals surface area contributed by atoms with Gasteiger partial charge in [-0.2, -0.15) is 0 Å². The predicted molar refractivity (Wildman–Crippen MR) is 111 cm³/mol. The van der Waals surface area contributed by atoms with E-state index in [2.05, 4.69) is 6.92 Å². The fourth-order valence-corrected chi connectivity index (χ4v) is 3.97. The molecule has 2 saturated heterocycles. The molecule has 0 radical (unpaired) electrons. The summed E-state index contributed by atoms with van der Waals surface area (Å²) in [4.78, 5) is 29.2. The zero-order chi connectivity index (χ0) is 19.3. The summed E-state index contributed by atoms with van der Waals surface area (Å²) in [7, 11) is 0. The molecule has 156 valence electrons. The molecule has 0 saturated carbocycles.